The van der Waals surface area contributed by atoms with Crippen molar-refractivity contribution in [2.24, 2.45) is 11.7 Å². The van der Waals surface area contributed by atoms with Crippen LogP contribution in [0.5, 0.6) is 0 Å². The maximum atomic E-state index is 12.4. The van der Waals surface area contributed by atoms with E-state index in [0.717, 1.165) is 12.8 Å². The van der Waals surface area contributed by atoms with Crippen molar-refractivity contribution in [3.05, 3.63) is 0 Å². The molecule has 0 aromatic carbocycles. The molecule has 154 valence electrons. The Kier molecular flexibility index (Phi) is 8.04. The van der Waals surface area contributed by atoms with Crippen molar-refractivity contribution in [2.75, 3.05) is 32.7 Å². The summed E-state index contributed by atoms with van der Waals surface area (Å²) in [6.45, 7) is 8.07. The first-order chi connectivity index (χ1) is 12.8. The van der Waals surface area contributed by atoms with E-state index in [-0.39, 0.29) is 36.2 Å². The van der Waals surface area contributed by atoms with Gasteiger partial charge in [0.05, 0.1) is 18.6 Å². The predicted molar refractivity (Wildman–Crippen MR) is 104 cm³/mol. The second-order valence-corrected chi connectivity index (χ2v) is 8.07. The van der Waals surface area contributed by atoms with Gasteiger partial charge < -0.3 is 21.3 Å². The highest BCUT2D eigenvalue weighted by Crippen LogP contribution is 2.18. The molecule has 8 heteroatoms. The third-order valence-corrected chi connectivity index (χ3v) is 5.73. The quantitative estimate of drug-likeness (QED) is 0.560. The van der Waals surface area contributed by atoms with Crippen molar-refractivity contribution in [3.63, 3.8) is 0 Å². The van der Waals surface area contributed by atoms with Gasteiger partial charge in [0.25, 0.3) is 0 Å². The third kappa shape index (κ3) is 6.17. The summed E-state index contributed by atoms with van der Waals surface area (Å²) < 4.78 is 0. The average molecular weight is 382 g/mol. The molecular weight excluding hydrogens is 346 g/mol. The van der Waals surface area contributed by atoms with Crippen LogP contribution >= 0.6 is 0 Å². The highest BCUT2D eigenvalue weighted by molar-refractivity contribution is 5.87. The minimum absolute atomic E-state index is 0.0283. The smallest absolute Gasteiger partial charge is 0.242 e. The minimum Gasteiger partial charge on any atom is -0.352 e. The summed E-state index contributed by atoms with van der Waals surface area (Å²) in [5.41, 5.74) is 5.78. The Labute approximate surface area is 162 Å². The zero-order valence-electron chi connectivity index (χ0n) is 16.9. The molecule has 3 amide bonds. The number of piperazine rings is 1. The van der Waals surface area contributed by atoms with Crippen LogP contribution < -0.4 is 16.4 Å². The predicted octanol–water partition coefficient (Wildman–Crippen LogP) is -0.323. The summed E-state index contributed by atoms with van der Waals surface area (Å²) in [5.74, 6) is -0.298. The molecule has 1 aliphatic carbocycles. The molecule has 4 N–H and O–H groups in total. The zero-order valence-corrected chi connectivity index (χ0v) is 16.9. The fourth-order valence-corrected chi connectivity index (χ4v) is 3.61. The second kappa shape index (κ2) is 10.0. The number of carbonyl (C=O) groups excluding carboxylic acids is 3. The van der Waals surface area contributed by atoms with Crippen LogP contribution in [-0.2, 0) is 14.4 Å². The van der Waals surface area contributed by atoms with Crippen molar-refractivity contribution in [1.82, 2.24) is 20.4 Å². The van der Waals surface area contributed by atoms with Crippen molar-refractivity contribution in [1.29, 1.82) is 0 Å². The summed E-state index contributed by atoms with van der Waals surface area (Å²) in [7, 11) is 0. The molecule has 0 aromatic rings. The largest absolute Gasteiger partial charge is 0.352 e. The van der Waals surface area contributed by atoms with Gasteiger partial charge in [-0.05, 0) is 25.7 Å². The van der Waals surface area contributed by atoms with Gasteiger partial charge in [0, 0.05) is 32.2 Å². The van der Waals surface area contributed by atoms with E-state index in [9.17, 15) is 14.4 Å². The van der Waals surface area contributed by atoms with Crippen molar-refractivity contribution < 1.29 is 14.4 Å². The van der Waals surface area contributed by atoms with Gasteiger partial charge in [-0.3, -0.25) is 19.3 Å². The van der Waals surface area contributed by atoms with Gasteiger partial charge in [-0.1, -0.05) is 26.7 Å². The van der Waals surface area contributed by atoms with E-state index in [4.69, 9.17) is 5.73 Å². The number of nitrogens with one attached hydrogen (secondary N) is 2. The lowest BCUT2D eigenvalue weighted by molar-refractivity contribution is -0.136. The highest BCUT2D eigenvalue weighted by atomic mass is 16.2. The molecule has 2 fully saturated rings. The topological polar surface area (TPSA) is 108 Å². The van der Waals surface area contributed by atoms with E-state index < -0.39 is 6.04 Å². The van der Waals surface area contributed by atoms with Crippen LogP contribution in [0, 0.1) is 5.92 Å². The summed E-state index contributed by atoms with van der Waals surface area (Å²) in [4.78, 5) is 40.4. The normalized spacial score (nSPS) is 21.1. The summed E-state index contributed by atoms with van der Waals surface area (Å²) in [6.07, 6.45) is 4.54. The van der Waals surface area contributed by atoms with Gasteiger partial charge in [-0.2, -0.15) is 0 Å². The van der Waals surface area contributed by atoms with E-state index in [1.54, 1.807) is 4.90 Å². The molecule has 1 saturated heterocycles. The molecule has 2 aliphatic rings. The SMILES string of the molecule is CC(C)[C@H](N)C(=O)NCC(=O)N1CCN(C(C)C(=O)NC2CCCC2)CC1. The first-order valence-corrected chi connectivity index (χ1v) is 10.1. The maximum absolute atomic E-state index is 12.4. The first-order valence-electron chi connectivity index (χ1n) is 10.1. The van der Waals surface area contributed by atoms with E-state index in [0.29, 0.717) is 32.2 Å². The van der Waals surface area contributed by atoms with Gasteiger partial charge in [-0.15, -0.1) is 0 Å². The fraction of sp³-hybridized carbons (Fsp3) is 0.842. The van der Waals surface area contributed by atoms with Crippen LogP contribution in [-0.4, -0.2) is 78.4 Å². The van der Waals surface area contributed by atoms with Crippen molar-refractivity contribution in [2.45, 2.75) is 64.6 Å². The van der Waals surface area contributed by atoms with E-state index in [2.05, 4.69) is 15.5 Å². The molecule has 0 radical (unpaired) electrons. The Morgan fingerprint density at radius 1 is 1.00 bits per heavy atom. The Morgan fingerprint density at radius 2 is 1.59 bits per heavy atom. The van der Waals surface area contributed by atoms with Gasteiger partial charge in [-0.25, -0.2) is 0 Å². The van der Waals surface area contributed by atoms with E-state index in [1.807, 2.05) is 20.8 Å². The molecule has 0 aromatic heterocycles. The number of rotatable bonds is 7. The molecule has 2 rings (SSSR count). The lowest BCUT2D eigenvalue weighted by Crippen LogP contribution is -2.57. The van der Waals surface area contributed by atoms with E-state index >= 15 is 0 Å². The molecule has 8 nitrogen and oxygen atoms in total. The number of hydrogen-bond acceptors (Lipinski definition) is 5. The van der Waals surface area contributed by atoms with Crippen LogP contribution in [0.25, 0.3) is 0 Å². The number of hydrogen-bond donors (Lipinski definition) is 3. The van der Waals surface area contributed by atoms with Crippen LogP contribution in [0.15, 0.2) is 0 Å². The first kappa shape index (κ1) is 21.6. The molecule has 27 heavy (non-hydrogen) atoms. The Morgan fingerprint density at radius 3 is 2.15 bits per heavy atom. The molecule has 2 atom stereocenters. The third-order valence-electron chi connectivity index (χ3n) is 5.73. The summed E-state index contributed by atoms with van der Waals surface area (Å²) >= 11 is 0. The molecule has 1 saturated carbocycles. The van der Waals surface area contributed by atoms with Gasteiger partial charge >= 0.3 is 0 Å². The standard InChI is InChI=1S/C19H35N5O3/c1-13(2)17(20)19(27)21-12-16(25)24-10-8-23(9-11-24)14(3)18(26)22-15-6-4-5-7-15/h13-15,17H,4-12,20H2,1-3H3,(H,21,27)(H,22,26)/t14?,17-/m0/s1. The van der Waals surface area contributed by atoms with E-state index in [1.165, 1.54) is 12.8 Å². The van der Waals surface area contributed by atoms with Crippen molar-refractivity contribution in [3.8, 4) is 0 Å². The highest BCUT2D eigenvalue weighted by Gasteiger charge is 2.29. The molecule has 1 aliphatic heterocycles. The minimum atomic E-state index is -0.603. The van der Waals surface area contributed by atoms with Crippen LogP contribution in [0.1, 0.15) is 46.5 Å². The number of nitrogens with zero attached hydrogens (tertiary/aromatic N) is 2. The molecule has 1 heterocycles. The maximum Gasteiger partial charge on any atom is 0.242 e. The lowest BCUT2D eigenvalue weighted by atomic mass is 10.1. The average Bonchev–Trinajstić information content (AvgIpc) is 3.17. The van der Waals surface area contributed by atoms with Gasteiger partial charge in [0.15, 0.2) is 0 Å². The Balaban J connectivity index is 1.71. The summed E-state index contributed by atoms with van der Waals surface area (Å²) in [6, 6.07) is -0.468. The number of carbonyl (C=O) groups is 3. The molecule has 0 bridgehead atoms. The Hall–Kier alpha value is -1.67. The molecule has 0 spiro atoms. The molecule has 1 unspecified atom stereocenters. The monoisotopic (exact) mass is 381 g/mol. The van der Waals surface area contributed by atoms with Crippen LogP contribution in [0.4, 0.5) is 0 Å². The number of nitrogens with two attached hydrogens (primary N) is 1. The second-order valence-electron chi connectivity index (χ2n) is 8.07. The fourth-order valence-electron chi connectivity index (χ4n) is 3.61. The lowest BCUT2D eigenvalue weighted by Gasteiger charge is -2.37. The van der Waals surface area contributed by atoms with Gasteiger partial charge in [0.2, 0.25) is 17.7 Å². The number of amides is 3. The van der Waals surface area contributed by atoms with Crippen LogP contribution in [0.2, 0.25) is 0 Å². The summed E-state index contributed by atoms with van der Waals surface area (Å²) in [5, 5.41) is 5.76. The molecular formula is C19H35N5O3. The zero-order chi connectivity index (χ0) is 20.0. The van der Waals surface area contributed by atoms with Crippen LogP contribution in [0.3, 0.4) is 0 Å². The van der Waals surface area contributed by atoms with Crippen molar-refractivity contribution >= 4 is 17.7 Å². The van der Waals surface area contributed by atoms with Gasteiger partial charge in [0.1, 0.15) is 0 Å². The Bertz CT molecular complexity index is 525.